The van der Waals surface area contributed by atoms with Gasteiger partial charge < -0.3 is 9.64 Å². The predicted octanol–water partition coefficient (Wildman–Crippen LogP) is 4.74. The Hall–Kier alpha value is -3.89. The first-order chi connectivity index (χ1) is 16.1. The van der Waals surface area contributed by atoms with Gasteiger partial charge in [-0.25, -0.2) is 0 Å². The lowest BCUT2D eigenvalue weighted by Gasteiger charge is -2.14. The van der Waals surface area contributed by atoms with Crippen LogP contribution in [0.2, 0.25) is 5.02 Å². The molecule has 4 aromatic rings. The van der Waals surface area contributed by atoms with Gasteiger partial charge in [-0.1, -0.05) is 17.5 Å². The molecule has 1 aliphatic rings. The van der Waals surface area contributed by atoms with Gasteiger partial charge in [0.1, 0.15) is 17.2 Å². The summed E-state index contributed by atoms with van der Waals surface area (Å²) in [7, 11) is 0. The largest absolute Gasteiger partial charge is 0.457 e. The van der Waals surface area contributed by atoms with Crippen LogP contribution >= 0.6 is 11.6 Å². The number of aromatic nitrogens is 4. The third kappa shape index (κ3) is 4.13. The van der Waals surface area contributed by atoms with Crippen LogP contribution in [0.1, 0.15) is 19.4 Å². The van der Waals surface area contributed by atoms with E-state index in [1.807, 2.05) is 28.9 Å². The topological polar surface area (TPSA) is 73.1 Å². The van der Waals surface area contributed by atoms with Gasteiger partial charge in [0.25, 0.3) is 5.91 Å². The first-order valence-corrected chi connectivity index (χ1v) is 10.9. The lowest BCUT2D eigenvalue weighted by Crippen LogP contribution is -2.27. The fourth-order valence-corrected chi connectivity index (χ4v) is 4.30. The Morgan fingerprint density at radius 2 is 1.85 bits per heavy atom. The van der Waals surface area contributed by atoms with Gasteiger partial charge in [0.2, 0.25) is 0 Å². The Balaban J connectivity index is 1.48. The molecule has 1 aromatic carbocycles. The van der Waals surface area contributed by atoms with E-state index >= 15 is 0 Å². The number of amides is 1. The number of hydrogen-bond acceptors (Lipinski definition) is 5. The minimum Gasteiger partial charge on any atom is -0.457 e. The normalized spacial score (nSPS) is 15.3. The Bertz CT molecular complexity index is 1370. The molecule has 5 rings (SSSR count). The molecule has 7 nitrogen and oxygen atoms in total. The van der Waals surface area contributed by atoms with Crippen LogP contribution in [0.5, 0.6) is 11.5 Å². The first kappa shape index (κ1) is 21.0. The predicted molar refractivity (Wildman–Crippen MR) is 126 cm³/mol. The third-order valence-electron chi connectivity index (χ3n) is 5.61. The number of hydrogen-bond donors (Lipinski definition) is 0. The van der Waals surface area contributed by atoms with Crippen molar-refractivity contribution in [2.75, 3.05) is 13.1 Å². The number of carbonyl (C=O) groups is 1. The SMILES string of the molecule is CC#CC(=O)N1CCC(n2nc(-c3ccc(Oc4ccncc4)cc3)c3cncc(Cl)c32)C1. The van der Waals surface area contributed by atoms with Crippen LogP contribution in [0.25, 0.3) is 22.2 Å². The third-order valence-corrected chi connectivity index (χ3v) is 5.88. The number of halogens is 1. The van der Waals surface area contributed by atoms with Crippen LogP contribution in [0.15, 0.2) is 61.2 Å². The number of benzene rings is 1. The van der Waals surface area contributed by atoms with Crippen molar-refractivity contribution in [3.63, 3.8) is 0 Å². The van der Waals surface area contributed by atoms with E-state index in [1.54, 1.807) is 48.7 Å². The molecule has 1 amide bonds. The zero-order chi connectivity index (χ0) is 22.8. The second-order valence-corrected chi connectivity index (χ2v) is 8.10. The Kier molecular flexibility index (Phi) is 5.68. The Labute approximate surface area is 196 Å². The molecule has 1 fully saturated rings. The van der Waals surface area contributed by atoms with Crippen molar-refractivity contribution in [3.8, 4) is 34.6 Å². The van der Waals surface area contributed by atoms with Gasteiger partial charge in [0, 0.05) is 48.8 Å². The van der Waals surface area contributed by atoms with E-state index in [-0.39, 0.29) is 11.9 Å². The van der Waals surface area contributed by atoms with Crippen molar-refractivity contribution in [2.24, 2.45) is 0 Å². The summed E-state index contributed by atoms with van der Waals surface area (Å²) in [6, 6.07) is 11.3. The molecule has 0 radical (unpaired) electrons. The van der Waals surface area contributed by atoms with Crippen LogP contribution in [0.3, 0.4) is 0 Å². The lowest BCUT2D eigenvalue weighted by molar-refractivity contribution is -0.124. The zero-order valence-corrected chi connectivity index (χ0v) is 18.7. The quantitative estimate of drug-likeness (QED) is 0.414. The molecule has 0 spiro atoms. The monoisotopic (exact) mass is 457 g/mol. The van der Waals surface area contributed by atoms with Crippen molar-refractivity contribution in [3.05, 3.63) is 66.2 Å². The fourth-order valence-electron chi connectivity index (χ4n) is 4.06. The smallest absolute Gasteiger partial charge is 0.298 e. The van der Waals surface area contributed by atoms with Crippen LogP contribution in [0, 0.1) is 11.8 Å². The first-order valence-electron chi connectivity index (χ1n) is 10.6. The highest BCUT2D eigenvalue weighted by Gasteiger charge is 2.30. The molecule has 0 aliphatic carbocycles. The second-order valence-electron chi connectivity index (χ2n) is 7.69. The maximum Gasteiger partial charge on any atom is 0.298 e. The molecule has 0 N–H and O–H groups in total. The van der Waals surface area contributed by atoms with E-state index < -0.39 is 0 Å². The number of likely N-dealkylation sites (tertiary alicyclic amines) is 1. The molecule has 3 aromatic heterocycles. The van der Waals surface area contributed by atoms with Gasteiger partial charge >= 0.3 is 0 Å². The summed E-state index contributed by atoms with van der Waals surface area (Å²) in [5.74, 6) is 6.57. The molecule has 8 heteroatoms. The van der Waals surface area contributed by atoms with Gasteiger partial charge in [-0.15, -0.1) is 0 Å². The maximum atomic E-state index is 12.2. The summed E-state index contributed by atoms with van der Waals surface area (Å²) in [6.45, 7) is 2.85. The molecule has 4 heterocycles. The molecule has 1 saturated heterocycles. The van der Waals surface area contributed by atoms with Crippen LogP contribution in [-0.4, -0.2) is 43.6 Å². The number of pyridine rings is 2. The zero-order valence-electron chi connectivity index (χ0n) is 17.9. The van der Waals surface area contributed by atoms with Crippen LogP contribution in [0.4, 0.5) is 0 Å². The summed E-state index contributed by atoms with van der Waals surface area (Å²) in [5.41, 5.74) is 2.53. The lowest BCUT2D eigenvalue weighted by atomic mass is 10.1. The van der Waals surface area contributed by atoms with Crippen LogP contribution in [-0.2, 0) is 4.79 Å². The summed E-state index contributed by atoms with van der Waals surface area (Å²) in [6.07, 6.45) is 7.56. The minimum atomic E-state index is -0.158. The van der Waals surface area contributed by atoms with E-state index in [1.165, 1.54) is 0 Å². The summed E-state index contributed by atoms with van der Waals surface area (Å²) < 4.78 is 7.80. The van der Waals surface area contributed by atoms with E-state index in [0.717, 1.165) is 34.3 Å². The molecule has 1 unspecified atom stereocenters. The van der Waals surface area contributed by atoms with Crippen molar-refractivity contribution in [1.29, 1.82) is 0 Å². The van der Waals surface area contributed by atoms with Gasteiger partial charge in [0.05, 0.1) is 16.6 Å². The molecular weight excluding hydrogens is 438 g/mol. The number of ether oxygens (including phenoxy) is 1. The Morgan fingerprint density at radius 3 is 2.61 bits per heavy atom. The van der Waals surface area contributed by atoms with Crippen molar-refractivity contribution in [2.45, 2.75) is 19.4 Å². The highest BCUT2D eigenvalue weighted by atomic mass is 35.5. The van der Waals surface area contributed by atoms with Gasteiger partial charge in [-0.05, 0) is 55.7 Å². The van der Waals surface area contributed by atoms with Gasteiger partial charge in [-0.2, -0.15) is 5.10 Å². The van der Waals surface area contributed by atoms with Gasteiger partial charge in [0.15, 0.2) is 0 Å². The standard InChI is InChI=1S/C25H20ClN5O2/c1-2-3-23(32)30-13-10-18(16-30)31-25-21(14-28-15-22(25)26)24(29-31)17-4-6-19(7-5-17)33-20-8-11-27-12-9-20/h4-9,11-12,14-15,18H,10,13,16H2,1H3. The van der Waals surface area contributed by atoms with E-state index in [4.69, 9.17) is 21.4 Å². The molecule has 1 aliphatic heterocycles. The molecule has 164 valence electrons. The van der Waals surface area contributed by atoms with E-state index in [2.05, 4.69) is 21.8 Å². The Morgan fingerprint density at radius 1 is 1.09 bits per heavy atom. The minimum absolute atomic E-state index is 0.0121. The van der Waals surface area contributed by atoms with Crippen LogP contribution < -0.4 is 4.74 Å². The number of carbonyl (C=O) groups excluding carboxylic acids is 1. The summed E-state index contributed by atoms with van der Waals surface area (Å²) >= 11 is 6.55. The molecule has 33 heavy (non-hydrogen) atoms. The van der Waals surface area contributed by atoms with Crippen molar-refractivity contribution >= 4 is 28.4 Å². The number of rotatable bonds is 4. The van der Waals surface area contributed by atoms with Crippen molar-refractivity contribution in [1.82, 2.24) is 24.6 Å². The maximum absolute atomic E-state index is 12.2. The second kappa shape index (κ2) is 8.93. The highest BCUT2D eigenvalue weighted by molar-refractivity contribution is 6.35. The summed E-state index contributed by atoms with van der Waals surface area (Å²) in [5, 5.41) is 6.32. The fraction of sp³-hybridized carbons (Fsp3) is 0.200. The van der Waals surface area contributed by atoms with E-state index in [9.17, 15) is 4.79 Å². The average molecular weight is 458 g/mol. The van der Waals surface area contributed by atoms with Gasteiger partial charge in [-0.3, -0.25) is 19.4 Å². The summed E-state index contributed by atoms with van der Waals surface area (Å²) in [4.78, 5) is 22.3. The van der Waals surface area contributed by atoms with E-state index in [0.29, 0.717) is 23.9 Å². The molecule has 1 atom stereocenters. The molecule has 0 bridgehead atoms. The van der Waals surface area contributed by atoms with Crippen molar-refractivity contribution < 1.29 is 9.53 Å². The average Bonchev–Trinajstić information content (AvgIpc) is 3.47. The number of nitrogens with zero attached hydrogens (tertiary/aromatic N) is 5. The molecular formula is C25H20ClN5O2. The molecule has 0 saturated carbocycles. The highest BCUT2D eigenvalue weighted by Crippen LogP contribution is 2.36. The number of fused-ring (bicyclic) bond motifs is 1.